The molecule has 0 bridgehead atoms. The average molecular weight is 308 g/mol. The molecule has 3 aliphatic carbocycles. The van der Waals surface area contributed by atoms with Crippen LogP contribution in [0.3, 0.4) is 0 Å². The molecule has 1 N–H and O–H groups in total. The third-order valence-electron chi connectivity index (χ3n) is 5.87. The van der Waals surface area contributed by atoms with Gasteiger partial charge < -0.3 is 15.0 Å². The molecule has 22 heavy (non-hydrogen) atoms. The van der Waals surface area contributed by atoms with Gasteiger partial charge in [0.15, 0.2) is 0 Å². The lowest BCUT2D eigenvalue weighted by Crippen LogP contribution is -2.64. The Morgan fingerprint density at radius 1 is 1.27 bits per heavy atom. The van der Waals surface area contributed by atoms with Crippen molar-refractivity contribution < 1.29 is 14.3 Å². The van der Waals surface area contributed by atoms with Crippen LogP contribution in [-0.2, 0) is 14.3 Å². The third-order valence-corrected chi connectivity index (χ3v) is 5.87. The summed E-state index contributed by atoms with van der Waals surface area (Å²) in [5.74, 6) is 0.226. The smallest absolute Gasteiger partial charge is 0.241 e. The molecular weight excluding hydrogens is 280 g/mol. The van der Waals surface area contributed by atoms with E-state index >= 15 is 0 Å². The maximum atomic E-state index is 12.4. The van der Waals surface area contributed by atoms with E-state index in [-0.39, 0.29) is 35.7 Å². The number of rotatable bonds is 6. The first kappa shape index (κ1) is 15.8. The minimum atomic E-state index is 0.0280. The highest BCUT2D eigenvalue weighted by atomic mass is 16.5. The van der Waals surface area contributed by atoms with E-state index in [9.17, 15) is 9.59 Å². The number of likely N-dealkylation sites (N-methyl/N-ethyl adjacent to an activating group) is 1. The van der Waals surface area contributed by atoms with E-state index < -0.39 is 0 Å². The predicted octanol–water partition coefficient (Wildman–Crippen LogP) is 1.71. The molecule has 3 rings (SSSR count). The molecule has 0 saturated heterocycles. The number of ether oxygens (including phenoxy) is 1. The van der Waals surface area contributed by atoms with Gasteiger partial charge in [-0.05, 0) is 39.0 Å². The van der Waals surface area contributed by atoms with E-state index in [4.69, 9.17) is 4.74 Å². The number of carbonyl (C=O) groups is 2. The Hall–Kier alpha value is -1.10. The molecule has 5 nitrogen and oxygen atoms in total. The first-order valence-electron chi connectivity index (χ1n) is 8.73. The monoisotopic (exact) mass is 308 g/mol. The zero-order chi connectivity index (χ0) is 15.7. The summed E-state index contributed by atoms with van der Waals surface area (Å²) in [5, 5.41) is 2.78. The quantitative estimate of drug-likeness (QED) is 0.812. The van der Waals surface area contributed by atoms with E-state index in [0.717, 1.165) is 38.7 Å². The van der Waals surface area contributed by atoms with Gasteiger partial charge in [0, 0.05) is 31.0 Å². The molecule has 0 heterocycles. The molecule has 5 heteroatoms. The highest BCUT2D eigenvalue weighted by Crippen LogP contribution is 2.56. The summed E-state index contributed by atoms with van der Waals surface area (Å²) in [7, 11) is 1.89. The molecule has 2 atom stereocenters. The summed E-state index contributed by atoms with van der Waals surface area (Å²) in [4.78, 5) is 25.9. The first-order valence-corrected chi connectivity index (χ1v) is 8.73. The van der Waals surface area contributed by atoms with Crippen LogP contribution in [0.4, 0.5) is 0 Å². The summed E-state index contributed by atoms with van der Waals surface area (Å²) < 4.78 is 5.91. The predicted molar refractivity (Wildman–Crippen MR) is 83.2 cm³/mol. The summed E-state index contributed by atoms with van der Waals surface area (Å²) in [6, 6.07) is 0.275. The summed E-state index contributed by atoms with van der Waals surface area (Å²) in [6.07, 6.45) is 7.98. The number of carbonyl (C=O) groups excluding carboxylic acids is 2. The van der Waals surface area contributed by atoms with Crippen molar-refractivity contribution >= 4 is 11.8 Å². The molecule has 3 aliphatic rings. The third kappa shape index (κ3) is 2.75. The summed E-state index contributed by atoms with van der Waals surface area (Å²) in [5.41, 5.74) is 0.168. The van der Waals surface area contributed by atoms with Crippen LogP contribution in [0.5, 0.6) is 0 Å². The maximum absolute atomic E-state index is 12.4. The summed E-state index contributed by atoms with van der Waals surface area (Å²) >= 11 is 0. The van der Waals surface area contributed by atoms with Gasteiger partial charge in [0.1, 0.15) is 0 Å². The van der Waals surface area contributed by atoms with Crippen molar-refractivity contribution in [2.75, 3.05) is 20.2 Å². The minimum Gasteiger partial charge on any atom is -0.378 e. The van der Waals surface area contributed by atoms with Gasteiger partial charge in [-0.1, -0.05) is 12.8 Å². The van der Waals surface area contributed by atoms with Crippen LogP contribution in [0.2, 0.25) is 0 Å². The van der Waals surface area contributed by atoms with E-state index in [1.807, 2.05) is 18.9 Å². The van der Waals surface area contributed by atoms with Gasteiger partial charge in [-0.25, -0.2) is 0 Å². The number of amides is 2. The van der Waals surface area contributed by atoms with Gasteiger partial charge in [0.25, 0.3) is 0 Å². The van der Waals surface area contributed by atoms with E-state index in [0.29, 0.717) is 6.10 Å². The van der Waals surface area contributed by atoms with E-state index in [1.54, 1.807) is 0 Å². The van der Waals surface area contributed by atoms with Gasteiger partial charge in [-0.3, -0.25) is 9.59 Å². The lowest BCUT2D eigenvalue weighted by molar-refractivity contribution is -0.172. The number of nitrogens with one attached hydrogen (secondary N) is 1. The van der Waals surface area contributed by atoms with Gasteiger partial charge in [-0.15, -0.1) is 0 Å². The molecule has 124 valence electrons. The SMILES string of the molecule is CCOC1CC(N(C)C(=O)CNC(=O)C2CC2)C12CCCC2. The topological polar surface area (TPSA) is 58.6 Å². The molecule has 0 radical (unpaired) electrons. The second-order valence-corrected chi connectivity index (χ2v) is 7.13. The highest BCUT2D eigenvalue weighted by Gasteiger charge is 2.58. The Bertz CT molecular complexity index is 441. The van der Waals surface area contributed by atoms with Crippen molar-refractivity contribution in [2.45, 2.75) is 64.0 Å². The minimum absolute atomic E-state index is 0.0280. The molecular formula is C17H28N2O3. The second kappa shape index (κ2) is 6.19. The van der Waals surface area contributed by atoms with Crippen LogP contribution < -0.4 is 5.32 Å². The molecule has 2 unspecified atom stereocenters. The Balaban J connectivity index is 1.55. The van der Waals surface area contributed by atoms with Crippen LogP contribution in [0.1, 0.15) is 51.9 Å². The van der Waals surface area contributed by atoms with E-state index in [2.05, 4.69) is 5.32 Å². The van der Waals surface area contributed by atoms with Gasteiger partial charge in [0.2, 0.25) is 11.8 Å². The molecule has 0 aromatic heterocycles. The van der Waals surface area contributed by atoms with Crippen LogP contribution in [0, 0.1) is 11.3 Å². The van der Waals surface area contributed by atoms with Crippen LogP contribution in [0.25, 0.3) is 0 Å². The normalized spacial score (nSPS) is 29.2. The van der Waals surface area contributed by atoms with Crippen LogP contribution in [-0.4, -0.2) is 49.1 Å². The van der Waals surface area contributed by atoms with Crippen molar-refractivity contribution in [3.8, 4) is 0 Å². The molecule has 3 fully saturated rings. The van der Waals surface area contributed by atoms with Crippen LogP contribution in [0.15, 0.2) is 0 Å². The van der Waals surface area contributed by atoms with Crippen molar-refractivity contribution in [1.29, 1.82) is 0 Å². The van der Waals surface area contributed by atoms with Crippen molar-refractivity contribution in [3.05, 3.63) is 0 Å². The lowest BCUT2D eigenvalue weighted by Gasteiger charge is -2.57. The number of nitrogens with zero attached hydrogens (tertiary/aromatic N) is 1. The number of hydrogen-bond acceptors (Lipinski definition) is 3. The molecule has 0 aromatic rings. The van der Waals surface area contributed by atoms with Gasteiger partial charge >= 0.3 is 0 Å². The van der Waals surface area contributed by atoms with Gasteiger partial charge in [-0.2, -0.15) is 0 Å². The Kier molecular flexibility index (Phi) is 4.44. The van der Waals surface area contributed by atoms with Crippen molar-refractivity contribution in [3.63, 3.8) is 0 Å². The molecule has 0 aliphatic heterocycles. The summed E-state index contributed by atoms with van der Waals surface area (Å²) in [6.45, 7) is 2.92. The van der Waals surface area contributed by atoms with Crippen LogP contribution >= 0.6 is 0 Å². The first-order chi connectivity index (χ1) is 10.6. The lowest BCUT2D eigenvalue weighted by atomic mass is 9.60. The van der Waals surface area contributed by atoms with Crippen molar-refractivity contribution in [2.24, 2.45) is 11.3 Å². The second-order valence-electron chi connectivity index (χ2n) is 7.13. The fraction of sp³-hybridized carbons (Fsp3) is 0.882. The zero-order valence-electron chi connectivity index (χ0n) is 13.8. The average Bonchev–Trinajstić information content (AvgIpc) is 3.23. The standard InChI is InChI=1S/C17H28N2O3/c1-3-22-14-10-13(17(14)8-4-5-9-17)19(2)15(20)11-18-16(21)12-6-7-12/h12-14H,3-11H2,1-2H3,(H,18,21). The largest absolute Gasteiger partial charge is 0.378 e. The fourth-order valence-corrected chi connectivity index (χ4v) is 4.34. The maximum Gasteiger partial charge on any atom is 0.241 e. The Morgan fingerprint density at radius 3 is 2.55 bits per heavy atom. The number of hydrogen-bond donors (Lipinski definition) is 1. The molecule has 1 spiro atoms. The Morgan fingerprint density at radius 2 is 1.95 bits per heavy atom. The van der Waals surface area contributed by atoms with Gasteiger partial charge in [0.05, 0.1) is 12.6 Å². The zero-order valence-corrected chi connectivity index (χ0v) is 13.8. The fourth-order valence-electron chi connectivity index (χ4n) is 4.34. The highest BCUT2D eigenvalue weighted by molar-refractivity contribution is 5.87. The Labute approximate surface area is 132 Å². The van der Waals surface area contributed by atoms with Crippen molar-refractivity contribution in [1.82, 2.24) is 10.2 Å². The molecule has 3 saturated carbocycles. The van der Waals surface area contributed by atoms with E-state index in [1.165, 1.54) is 12.8 Å². The molecule has 0 aromatic carbocycles. The molecule has 2 amide bonds.